The molecule has 2 amide bonds. The van der Waals surface area contributed by atoms with Crippen molar-refractivity contribution in [1.29, 1.82) is 0 Å². The first-order chi connectivity index (χ1) is 16.3. The third-order valence-corrected chi connectivity index (χ3v) is 7.26. The number of nitrogens with one attached hydrogen (secondary N) is 1. The van der Waals surface area contributed by atoms with Gasteiger partial charge in [0.15, 0.2) is 0 Å². The second kappa shape index (κ2) is 12.6. The fraction of sp³-hybridized carbons (Fsp3) is 0.440. The molecule has 0 heterocycles. The molecule has 0 aromatic heterocycles. The van der Waals surface area contributed by atoms with E-state index in [1.807, 2.05) is 52.0 Å². The molecular weight excluding hydrogens is 509 g/mol. The minimum atomic E-state index is -3.85. The van der Waals surface area contributed by atoms with E-state index in [9.17, 15) is 18.0 Å². The van der Waals surface area contributed by atoms with Crippen molar-refractivity contribution in [2.45, 2.75) is 46.7 Å². The molecule has 2 rings (SSSR count). The van der Waals surface area contributed by atoms with Crippen LogP contribution in [0.15, 0.2) is 42.5 Å². The molecule has 1 atom stereocenters. The molecule has 35 heavy (non-hydrogen) atoms. The van der Waals surface area contributed by atoms with Crippen molar-refractivity contribution >= 4 is 50.7 Å². The lowest BCUT2D eigenvalue weighted by Gasteiger charge is -2.33. The molecule has 10 heteroatoms. The van der Waals surface area contributed by atoms with E-state index in [1.54, 1.807) is 0 Å². The average Bonchev–Trinajstić information content (AvgIpc) is 2.77. The summed E-state index contributed by atoms with van der Waals surface area (Å²) in [5, 5.41) is 3.33. The third kappa shape index (κ3) is 8.40. The Balaban J connectivity index is 2.44. The summed E-state index contributed by atoms with van der Waals surface area (Å²) in [5.41, 5.74) is 2.07. The van der Waals surface area contributed by atoms with Crippen LogP contribution in [0.2, 0.25) is 10.0 Å². The van der Waals surface area contributed by atoms with E-state index in [0.29, 0.717) is 13.0 Å². The van der Waals surface area contributed by atoms with Crippen LogP contribution in [-0.2, 0) is 26.2 Å². The average molecular weight is 543 g/mol. The highest BCUT2D eigenvalue weighted by Gasteiger charge is 2.32. The lowest BCUT2D eigenvalue weighted by atomic mass is 10.1. The van der Waals surface area contributed by atoms with Crippen molar-refractivity contribution < 1.29 is 18.0 Å². The topological polar surface area (TPSA) is 86.8 Å². The zero-order chi connectivity index (χ0) is 26.3. The summed E-state index contributed by atoms with van der Waals surface area (Å²) in [5.74, 6) is -0.537. The van der Waals surface area contributed by atoms with Gasteiger partial charge in [0.2, 0.25) is 21.8 Å². The fourth-order valence-electron chi connectivity index (χ4n) is 3.60. The monoisotopic (exact) mass is 541 g/mol. The van der Waals surface area contributed by atoms with Gasteiger partial charge in [0, 0.05) is 13.1 Å². The van der Waals surface area contributed by atoms with Crippen LogP contribution in [-0.4, -0.2) is 50.5 Å². The summed E-state index contributed by atoms with van der Waals surface area (Å²) in [6, 6.07) is 11.2. The van der Waals surface area contributed by atoms with E-state index in [4.69, 9.17) is 23.2 Å². The number of sulfonamides is 1. The Morgan fingerprint density at radius 1 is 1.06 bits per heavy atom. The normalized spacial score (nSPS) is 12.3. The molecule has 0 radical (unpaired) electrons. The Morgan fingerprint density at radius 3 is 2.29 bits per heavy atom. The van der Waals surface area contributed by atoms with Crippen LogP contribution in [0.1, 0.15) is 38.3 Å². The molecule has 0 aliphatic rings. The van der Waals surface area contributed by atoms with Crippen LogP contribution in [0.4, 0.5) is 5.69 Å². The number of amides is 2. The molecule has 0 spiro atoms. The summed E-state index contributed by atoms with van der Waals surface area (Å²) in [6.45, 7) is 7.88. The van der Waals surface area contributed by atoms with Gasteiger partial charge >= 0.3 is 0 Å². The number of aryl methyl sites for hydroxylation is 1. The number of nitrogens with zero attached hydrogens (tertiary/aromatic N) is 2. The maximum atomic E-state index is 13.6. The smallest absolute Gasteiger partial charge is 0.244 e. The lowest BCUT2D eigenvalue weighted by molar-refractivity contribution is -0.140. The number of carbonyl (C=O) groups excluding carboxylic acids is 2. The van der Waals surface area contributed by atoms with Gasteiger partial charge in [-0.3, -0.25) is 13.9 Å². The Kier molecular flexibility index (Phi) is 10.4. The predicted octanol–water partition coefficient (Wildman–Crippen LogP) is 4.65. The predicted molar refractivity (Wildman–Crippen MR) is 142 cm³/mol. The van der Waals surface area contributed by atoms with Crippen molar-refractivity contribution in [3.63, 3.8) is 0 Å². The van der Waals surface area contributed by atoms with Gasteiger partial charge in [-0.15, -0.1) is 0 Å². The highest BCUT2D eigenvalue weighted by atomic mass is 35.5. The third-order valence-electron chi connectivity index (χ3n) is 5.38. The summed E-state index contributed by atoms with van der Waals surface area (Å²) in [6.07, 6.45) is 1.38. The van der Waals surface area contributed by atoms with Gasteiger partial charge in [0.1, 0.15) is 12.6 Å². The standard InChI is InChI=1S/C25H33Cl2N3O4S/c1-6-23(25(32)28-14-17(2)3)29(15-19-9-7-8-18(4)12-19)24(31)16-30(35(5,33)34)20-10-11-21(26)22(27)13-20/h7-13,17,23H,6,14-16H2,1-5H3,(H,28,32)/t23-/m0/s1. The number of hydrogen-bond acceptors (Lipinski definition) is 4. The molecule has 1 N–H and O–H groups in total. The summed E-state index contributed by atoms with van der Waals surface area (Å²) in [4.78, 5) is 28.1. The molecule has 0 saturated carbocycles. The van der Waals surface area contributed by atoms with Crippen LogP contribution in [0.5, 0.6) is 0 Å². The van der Waals surface area contributed by atoms with E-state index in [0.717, 1.165) is 21.7 Å². The van der Waals surface area contributed by atoms with Gasteiger partial charge in [-0.2, -0.15) is 0 Å². The Labute approximate surface area is 218 Å². The molecule has 2 aromatic carbocycles. The second-order valence-corrected chi connectivity index (χ2v) is 11.7. The van der Waals surface area contributed by atoms with Crippen molar-refractivity contribution in [1.82, 2.24) is 10.2 Å². The highest BCUT2D eigenvalue weighted by molar-refractivity contribution is 7.92. The maximum Gasteiger partial charge on any atom is 0.244 e. The number of rotatable bonds is 11. The first-order valence-electron chi connectivity index (χ1n) is 11.4. The summed E-state index contributed by atoms with van der Waals surface area (Å²) < 4.78 is 26.3. The summed E-state index contributed by atoms with van der Waals surface area (Å²) >= 11 is 12.1. The van der Waals surface area contributed by atoms with Gasteiger partial charge in [-0.05, 0) is 43.0 Å². The Morgan fingerprint density at radius 2 is 1.74 bits per heavy atom. The number of hydrogen-bond donors (Lipinski definition) is 1. The SMILES string of the molecule is CC[C@@H](C(=O)NCC(C)C)N(Cc1cccc(C)c1)C(=O)CN(c1ccc(Cl)c(Cl)c1)S(C)(=O)=O. The van der Waals surface area contributed by atoms with Gasteiger partial charge in [0.25, 0.3) is 0 Å². The zero-order valence-electron chi connectivity index (χ0n) is 20.7. The first kappa shape index (κ1) is 28.9. The van der Waals surface area contributed by atoms with Gasteiger partial charge in [-0.25, -0.2) is 8.42 Å². The molecule has 0 aliphatic heterocycles. The molecule has 192 valence electrons. The van der Waals surface area contributed by atoms with Crippen molar-refractivity contribution in [2.24, 2.45) is 5.92 Å². The number of benzene rings is 2. The molecule has 7 nitrogen and oxygen atoms in total. The largest absolute Gasteiger partial charge is 0.354 e. The fourth-order valence-corrected chi connectivity index (χ4v) is 4.74. The number of halogens is 2. The zero-order valence-corrected chi connectivity index (χ0v) is 23.0. The first-order valence-corrected chi connectivity index (χ1v) is 14.0. The Bertz CT molecular complexity index is 1160. The minimum Gasteiger partial charge on any atom is -0.354 e. The van der Waals surface area contributed by atoms with Gasteiger partial charge < -0.3 is 10.2 Å². The van der Waals surface area contributed by atoms with Crippen LogP contribution in [0.25, 0.3) is 0 Å². The van der Waals surface area contributed by atoms with Crippen LogP contribution >= 0.6 is 23.2 Å². The Hall–Kier alpha value is -2.29. The van der Waals surface area contributed by atoms with Gasteiger partial charge in [0.05, 0.1) is 22.0 Å². The molecule has 0 aliphatic carbocycles. The molecule has 0 fully saturated rings. The van der Waals surface area contributed by atoms with Gasteiger partial charge in [-0.1, -0.05) is 73.8 Å². The number of anilines is 1. The molecule has 0 bridgehead atoms. The van der Waals surface area contributed by atoms with Crippen LogP contribution in [0.3, 0.4) is 0 Å². The second-order valence-electron chi connectivity index (χ2n) is 8.94. The molecule has 0 unspecified atom stereocenters. The molecule has 2 aromatic rings. The quantitative estimate of drug-likeness (QED) is 0.448. The van der Waals surface area contributed by atoms with Crippen LogP contribution in [0, 0.1) is 12.8 Å². The van der Waals surface area contributed by atoms with Crippen molar-refractivity contribution in [2.75, 3.05) is 23.7 Å². The lowest BCUT2D eigenvalue weighted by Crippen LogP contribution is -2.52. The maximum absolute atomic E-state index is 13.6. The van der Waals surface area contributed by atoms with E-state index < -0.39 is 28.5 Å². The van der Waals surface area contributed by atoms with E-state index in [-0.39, 0.29) is 34.1 Å². The van der Waals surface area contributed by atoms with E-state index in [1.165, 1.54) is 23.1 Å². The molecular formula is C25H33Cl2N3O4S. The van der Waals surface area contributed by atoms with Crippen LogP contribution < -0.4 is 9.62 Å². The van der Waals surface area contributed by atoms with Crippen molar-refractivity contribution in [3.05, 3.63) is 63.6 Å². The molecule has 0 saturated heterocycles. The van der Waals surface area contributed by atoms with E-state index in [2.05, 4.69) is 5.32 Å². The van der Waals surface area contributed by atoms with Crippen molar-refractivity contribution in [3.8, 4) is 0 Å². The minimum absolute atomic E-state index is 0.160. The highest BCUT2D eigenvalue weighted by Crippen LogP contribution is 2.28. The van der Waals surface area contributed by atoms with E-state index >= 15 is 0 Å². The number of carbonyl (C=O) groups is 2. The summed E-state index contributed by atoms with van der Waals surface area (Å²) in [7, 11) is -3.85.